The van der Waals surface area contributed by atoms with E-state index in [1.807, 2.05) is 25.7 Å². The Morgan fingerprint density at radius 1 is 1.14 bits per heavy atom. The topological polar surface area (TPSA) is 68.5 Å². The van der Waals surface area contributed by atoms with Gasteiger partial charge >= 0.3 is 12.1 Å². The van der Waals surface area contributed by atoms with Gasteiger partial charge in [-0.2, -0.15) is 18.2 Å². The molecule has 28 heavy (non-hydrogen) atoms. The molecule has 1 saturated heterocycles. The van der Waals surface area contributed by atoms with Gasteiger partial charge in [0.2, 0.25) is 11.7 Å². The van der Waals surface area contributed by atoms with Crippen LogP contribution < -0.4 is 4.74 Å². The molecule has 1 aliphatic rings. The van der Waals surface area contributed by atoms with Crippen LogP contribution in [-0.4, -0.2) is 40.1 Å². The van der Waals surface area contributed by atoms with E-state index in [1.165, 1.54) is 0 Å². The first-order chi connectivity index (χ1) is 13.0. The van der Waals surface area contributed by atoms with Gasteiger partial charge in [0.05, 0.1) is 0 Å². The highest BCUT2D eigenvalue weighted by Crippen LogP contribution is 2.30. The van der Waals surface area contributed by atoms with Crippen molar-refractivity contribution in [3.63, 3.8) is 0 Å². The minimum atomic E-state index is -4.67. The summed E-state index contributed by atoms with van der Waals surface area (Å²) in [5.74, 6) is -0.773. The summed E-state index contributed by atoms with van der Waals surface area (Å²) in [6, 6.07) is 6.48. The molecule has 6 nitrogen and oxygen atoms in total. The maximum absolute atomic E-state index is 12.5. The van der Waals surface area contributed by atoms with Crippen molar-refractivity contribution in [3.8, 4) is 17.1 Å². The molecule has 152 valence electrons. The number of hydrogen-bond donors (Lipinski definition) is 0. The number of alkyl halides is 3. The Labute approximate surface area is 160 Å². The molecule has 0 saturated carbocycles. The third-order valence-electron chi connectivity index (χ3n) is 4.45. The van der Waals surface area contributed by atoms with E-state index >= 15 is 0 Å². The number of halogens is 3. The zero-order valence-electron chi connectivity index (χ0n) is 15.9. The van der Waals surface area contributed by atoms with Crippen LogP contribution in [0.4, 0.5) is 13.2 Å². The fourth-order valence-electron chi connectivity index (χ4n) is 2.98. The Hall–Kier alpha value is -2.58. The number of carbonyl (C=O) groups excluding carboxylic acids is 1. The highest BCUT2D eigenvalue weighted by Gasteiger charge is 2.38. The summed E-state index contributed by atoms with van der Waals surface area (Å²) in [7, 11) is 0. The molecule has 0 bridgehead atoms. The van der Waals surface area contributed by atoms with Gasteiger partial charge in [-0.15, -0.1) is 0 Å². The minimum Gasteiger partial charge on any atom is -0.490 e. The fourth-order valence-corrected chi connectivity index (χ4v) is 2.98. The number of amides is 1. The number of carbonyl (C=O) groups is 1. The standard InChI is InChI=1S/C19H22F3N3O3/c1-18(2,3)17(26)25-10-8-14(9-11-25)27-13-6-4-12(5-7-13)15-23-16(28-24-15)19(20,21)22/h4-7,14H,8-11H2,1-3H3. The second-order valence-electron chi connectivity index (χ2n) is 7.80. The van der Waals surface area contributed by atoms with E-state index in [-0.39, 0.29) is 17.8 Å². The van der Waals surface area contributed by atoms with Gasteiger partial charge in [-0.1, -0.05) is 25.9 Å². The van der Waals surface area contributed by atoms with Crippen molar-refractivity contribution in [3.05, 3.63) is 30.2 Å². The van der Waals surface area contributed by atoms with Gasteiger partial charge in [-0.05, 0) is 24.3 Å². The largest absolute Gasteiger partial charge is 0.490 e. The summed E-state index contributed by atoms with van der Waals surface area (Å²) >= 11 is 0. The van der Waals surface area contributed by atoms with Crippen molar-refractivity contribution in [2.45, 2.75) is 45.9 Å². The molecule has 0 spiro atoms. The molecule has 0 radical (unpaired) electrons. The Balaban J connectivity index is 1.57. The summed E-state index contributed by atoms with van der Waals surface area (Å²) in [5.41, 5.74) is 0.00202. The van der Waals surface area contributed by atoms with E-state index in [9.17, 15) is 18.0 Å². The van der Waals surface area contributed by atoms with Gasteiger partial charge in [-0.25, -0.2) is 0 Å². The lowest BCUT2D eigenvalue weighted by molar-refractivity contribution is -0.159. The maximum Gasteiger partial charge on any atom is 0.471 e. The first-order valence-corrected chi connectivity index (χ1v) is 9.01. The van der Waals surface area contributed by atoms with Gasteiger partial charge < -0.3 is 14.2 Å². The van der Waals surface area contributed by atoms with Crippen molar-refractivity contribution >= 4 is 5.91 Å². The van der Waals surface area contributed by atoms with E-state index < -0.39 is 17.5 Å². The molecule has 3 rings (SSSR count). The molecule has 0 unspecified atom stereocenters. The molecule has 0 atom stereocenters. The molecule has 0 N–H and O–H groups in total. The smallest absolute Gasteiger partial charge is 0.471 e. The highest BCUT2D eigenvalue weighted by molar-refractivity contribution is 5.81. The molecular formula is C19H22F3N3O3. The van der Waals surface area contributed by atoms with E-state index in [1.54, 1.807) is 24.3 Å². The van der Waals surface area contributed by atoms with Crippen molar-refractivity contribution in [2.24, 2.45) is 5.41 Å². The Morgan fingerprint density at radius 3 is 2.25 bits per heavy atom. The lowest BCUT2D eigenvalue weighted by Gasteiger charge is -2.35. The number of aromatic nitrogens is 2. The number of piperidine rings is 1. The Kier molecular flexibility index (Phi) is 5.36. The highest BCUT2D eigenvalue weighted by atomic mass is 19.4. The maximum atomic E-state index is 12.5. The molecule has 1 aromatic carbocycles. The van der Waals surface area contributed by atoms with Crippen LogP contribution in [0.3, 0.4) is 0 Å². The molecule has 1 aliphatic heterocycles. The van der Waals surface area contributed by atoms with Gasteiger partial charge in [0.25, 0.3) is 0 Å². The molecule has 1 amide bonds. The summed E-state index contributed by atoms with van der Waals surface area (Å²) < 4.78 is 47.8. The van der Waals surface area contributed by atoms with Crippen LogP contribution in [0.2, 0.25) is 0 Å². The third kappa shape index (κ3) is 4.63. The molecule has 0 aliphatic carbocycles. The van der Waals surface area contributed by atoms with Crippen LogP contribution in [0, 0.1) is 5.41 Å². The fraction of sp³-hybridized carbons (Fsp3) is 0.526. The molecule has 1 aromatic heterocycles. The molecular weight excluding hydrogens is 375 g/mol. The summed E-state index contributed by atoms with van der Waals surface area (Å²) in [5, 5.41) is 3.36. The van der Waals surface area contributed by atoms with Crippen molar-refractivity contribution in [2.75, 3.05) is 13.1 Å². The van der Waals surface area contributed by atoms with Gasteiger partial charge in [0.1, 0.15) is 11.9 Å². The normalized spacial score (nSPS) is 16.3. The average Bonchev–Trinajstić information content (AvgIpc) is 3.12. The molecule has 2 aromatic rings. The van der Waals surface area contributed by atoms with Crippen LogP contribution in [0.15, 0.2) is 28.8 Å². The molecule has 9 heteroatoms. The summed E-state index contributed by atoms with van der Waals surface area (Å²) in [6.45, 7) is 6.99. The second-order valence-corrected chi connectivity index (χ2v) is 7.80. The van der Waals surface area contributed by atoms with Crippen LogP contribution in [0.1, 0.15) is 39.5 Å². The van der Waals surface area contributed by atoms with Crippen LogP contribution in [-0.2, 0) is 11.0 Å². The predicted molar refractivity (Wildman–Crippen MR) is 94.4 cm³/mol. The predicted octanol–water partition coefficient (Wildman–Crippen LogP) is 4.17. The monoisotopic (exact) mass is 397 g/mol. The van der Waals surface area contributed by atoms with E-state index in [4.69, 9.17) is 4.74 Å². The first kappa shape index (κ1) is 20.2. The lowest BCUT2D eigenvalue weighted by atomic mass is 9.93. The third-order valence-corrected chi connectivity index (χ3v) is 4.45. The average molecular weight is 397 g/mol. The van der Waals surface area contributed by atoms with Gasteiger partial charge in [0, 0.05) is 36.9 Å². The lowest BCUT2D eigenvalue weighted by Crippen LogP contribution is -2.46. The van der Waals surface area contributed by atoms with Crippen LogP contribution in [0.25, 0.3) is 11.4 Å². The van der Waals surface area contributed by atoms with E-state index in [0.717, 1.165) is 12.8 Å². The molecule has 2 heterocycles. The second kappa shape index (κ2) is 7.44. The van der Waals surface area contributed by atoms with Crippen LogP contribution in [0.5, 0.6) is 5.75 Å². The Morgan fingerprint density at radius 2 is 1.75 bits per heavy atom. The number of ether oxygens (including phenoxy) is 1. The van der Waals surface area contributed by atoms with E-state index in [0.29, 0.717) is 24.4 Å². The van der Waals surface area contributed by atoms with Crippen molar-refractivity contribution in [1.29, 1.82) is 0 Å². The Bertz CT molecular complexity index is 817. The SMILES string of the molecule is CC(C)(C)C(=O)N1CCC(Oc2ccc(-c3noc(C(F)(F)F)n3)cc2)CC1. The van der Waals surface area contributed by atoms with Gasteiger partial charge in [0.15, 0.2) is 0 Å². The van der Waals surface area contributed by atoms with E-state index in [2.05, 4.69) is 14.7 Å². The number of likely N-dealkylation sites (tertiary alicyclic amines) is 1. The zero-order chi connectivity index (χ0) is 20.5. The van der Waals surface area contributed by atoms with Crippen LogP contribution >= 0.6 is 0 Å². The number of rotatable bonds is 3. The summed E-state index contributed by atoms with van der Waals surface area (Å²) in [4.78, 5) is 17.5. The number of hydrogen-bond acceptors (Lipinski definition) is 5. The quantitative estimate of drug-likeness (QED) is 0.778. The number of nitrogens with zero attached hydrogens (tertiary/aromatic N) is 3. The minimum absolute atomic E-state index is 0.0168. The number of benzene rings is 1. The molecule has 1 fully saturated rings. The van der Waals surface area contributed by atoms with Crippen molar-refractivity contribution in [1.82, 2.24) is 15.0 Å². The first-order valence-electron chi connectivity index (χ1n) is 9.01. The summed E-state index contributed by atoms with van der Waals surface area (Å²) in [6.07, 6.45) is -3.23. The van der Waals surface area contributed by atoms with Gasteiger partial charge in [-0.3, -0.25) is 4.79 Å². The van der Waals surface area contributed by atoms with Crippen molar-refractivity contribution < 1.29 is 27.2 Å². The zero-order valence-corrected chi connectivity index (χ0v) is 15.9.